The summed E-state index contributed by atoms with van der Waals surface area (Å²) in [4.78, 5) is 12.1. The normalized spacial score (nSPS) is 17.6. The molecule has 2 rings (SSSR count). The first kappa shape index (κ1) is 22.6. The number of carbonyl (C=O) groups excluding carboxylic acids is 1. The summed E-state index contributed by atoms with van der Waals surface area (Å²) in [5.74, 6) is -2.05. The lowest BCUT2D eigenvalue weighted by molar-refractivity contribution is -0.00581. The van der Waals surface area contributed by atoms with Gasteiger partial charge in [0, 0.05) is 0 Å². The van der Waals surface area contributed by atoms with E-state index in [2.05, 4.69) is 13.8 Å². The van der Waals surface area contributed by atoms with Crippen molar-refractivity contribution in [2.45, 2.75) is 64.4 Å². The van der Waals surface area contributed by atoms with Gasteiger partial charge in [-0.25, -0.2) is 17.6 Å². The largest absolute Gasteiger partial charge is 0.748 e. The van der Waals surface area contributed by atoms with Crippen molar-refractivity contribution in [3.63, 3.8) is 0 Å². The molecule has 1 saturated carbocycles. The Kier molecular flexibility index (Phi) is 7.83. The second-order valence-corrected chi connectivity index (χ2v) is 9.16. The van der Waals surface area contributed by atoms with Gasteiger partial charge in [-0.1, -0.05) is 33.1 Å². The van der Waals surface area contributed by atoms with Gasteiger partial charge in [-0.05, 0) is 49.8 Å². The number of ether oxygens (including phenoxy) is 2. The topological polar surface area (TPSA) is 92.7 Å². The molecule has 1 aromatic carbocycles. The maximum absolute atomic E-state index is 14.4. The molecular formula is C20H28FO6S-. The Hall–Kier alpha value is -1.67. The van der Waals surface area contributed by atoms with Gasteiger partial charge in [0.1, 0.15) is 12.2 Å². The van der Waals surface area contributed by atoms with Gasteiger partial charge in [0.25, 0.3) is 0 Å². The number of rotatable bonds is 7. The highest BCUT2D eigenvalue weighted by molar-refractivity contribution is 7.85. The number of esters is 1. The zero-order chi connectivity index (χ0) is 20.8. The molecule has 8 heteroatoms. The fraction of sp³-hybridized carbons (Fsp3) is 0.650. The summed E-state index contributed by atoms with van der Waals surface area (Å²) in [5.41, 5.74) is -0.454. The summed E-state index contributed by atoms with van der Waals surface area (Å²) in [6.45, 7) is 3.57. The fourth-order valence-corrected chi connectivity index (χ4v) is 3.84. The van der Waals surface area contributed by atoms with Crippen LogP contribution in [-0.4, -0.2) is 36.9 Å². The summed E-state index contributed by atoms with van der Waals surface area (Å²) < 4.78 is 57.2. The van der Waals surface area contributed by atoms with Gasteiger partial charge in [0.05, 0.1) is 21.4 Å². The predicted molar refractivity (Wildman–Crippen MR) is 102 cm³/mol. The molecule has 1 aromatic rings. The molecule has 0 radical (unpaired) electrons. The molecule has 0 spiro atoms. The van der Waals surface area contributed by atoms with Crippen molar-refractivity contribution >= 4 is 16.1 Å². The van der Waals surface area contributed by atoms with Gasteiger partial charge >= 0.3 is 5.97 Å². The highest BCUT2D eigenvalue weighted by atomic mass is 32.2. The van der Waals surface area contributed by atoms with Gasteiger partial charge in [-0.2, -0.15) is 0 Å². The Morgan fingerprint density at radius 1 is 1.18 bits per heavy atom. The average Bonchev–Trinajstić information content (AvgIpc) is 2.57. The Bertz CT molecular complexity index is 767. The molecule has 158 valence electrons. The summed E-state index contributed by atoms with van der Waals surface area (Å²) in [6, 6.07) is 3.66. The Morgan fingerprint density at radius 2 is 1.79 bits per heavy atom. The van der Waals surface area contributed by atoms with Crippen LogP contribution in [0.4, 0.5) is 4.39 Å². The number of benzene rings is 1. The van der Waals surface area contributed by atoms with E-state index in [0.717, 1.165) is 44.6 Å². The van der Waals surface area contributed by atoms with E-state index in [0.29, 0.717) is 0 Å². The monoisotopic (exact) mass is 415 g/mol. The molecule has 6 nitrogen and oxygen atoms in total. The van der Waals surface area contributed by atoms with Crippen molar-refractivity contribution in [2.24, 2.45) is 5.92 Å². The van der Waals surface area contributed by atoms with Crippen LogP contribution in [0, 0.1) is 11.7 Å². The highest BCUT2D eigenvalue weighted by Crippen LogP contribution is 2.38. The van der Waals surface area contributed by atoms with Crippen molar-refractivity contribution in [1.82, 2.24) is 0 Å². The van der Waals surface area contributed by atoms with Crippen molar-refractivity contribution in [2.75, 3.05) is 12.4 Å². The Morgan fingerprint density at radius 3 is 2.36 bits per heavy atom. The lowest BCUT2D eigenvalue weighted by Crippen LogP contribution is -2.42. The van der Waals surface area contributed by atoms with Gasteiger partial charge in [-0.15, -0.1) is 0 Å². The molecule has 0 aliphatic heterocycles. The van der Waals surface area contributed by atoms with Gasteiger partial charge in [-0.3, -0.25) is 0 Å². The Labute approximate surface area is 166 Å². The molecule has 0 N–H and O–H groups in total. The summed E-state index contributed by atoms with van der Waals surface area (Å²) in [7, 11) is -4.47. The quantitative estimate of drug-likeness (QED) is 0.493. The van der Waals surface area contributed by atoms with Crippen LogP contribution in [0.15, 0.2) is 18.2 Å². The van der Waals surface area contributed by atoms with Crippen LogP contribution in [-0.2, 0) is 14.9 Å². The molecule has 0 atom stereocenters. The standard InChI is InChI=1S/C20H29FO6S/c1-15(2)20(10-6-4-3-5-7-11-20)27-18-14-16(8-9-17(18)21)19(22)26-12-13-28(23,24)25/h8-9,14-15H,3-7,10-13H2,1-2H3,(H,23,24,25)/p-1. The fourth-order valence-electron chi connectivity index (χ4n) is 3.55. The van der Waals surface area contributed by atoms with E-state index in [1.54, 1.807) is 0 Å². The van der Waals surface area contributed by atoms with Gasteiger partial charge < -0.3 is 14.0 Å². The van der Waals surface area contributed by atoms with Crippen molar-refractivity contribution in [3.05, 3.63) is 29.6 Å². The molecule has 1 aliphatic carbocycles. The van der Waals surface area contributed by atoms with Crippen LogP contribution in [0.25, 0.3) is 0 Å². The van der Waals surface area contributed by atoms with E-state index in [4.69, 9.17) is 9.47 Å². The van der Waals surface area contributed by atoms with Gasteiger partial charge in [0.15, 0.2) is 11.6 Å². The van der Waals surface area contributed by atoms with Crippen molar-refractivity contribution < 1.29 is 31.6 Å². The van der Waals surface area contributed by atoms with E-state index in [-0.39, 0.29) is 17.2 Å². The zero-order valence-electron chi connectivity index (χ0n) is 16.4. The minimum Gasteiger partial charge on any atom is -0.748 e. The zero-order valence-corrected chi connectivity index (χ0v) is 17.2. The first-order valence-electron chi connectivity index (χ1n) is 9.72. The first-order chi connectivity index (χ1) is 13.1. The van der Waals surface area contributed by atoms with Crippen LogP contribution in [0.2, 0.25) is 0 Å². The third-order valence-corrected chi connectivity index (χ3v) is 5.97. The van der Waals surface area contributed by atoms with Gasteiger partial charge in [0.2, 0.25) is 0 Å². The number of hydrogen-bond acceptors (Lipinski definition) is 6. The molecule has 1 aliphatic rings. The van der Waals surface area contributed by atoms with Crippen LogP contribution in [0.1, 0.15) is 69.2 Å². The van der Waals surface area contributed by atoms with Crippen LogP contribution in [0.3, 0.4) is 0 Å². The SMILES string of the molecule is CC(C)C1(Oc2cc(C(=O)OCCS(=O)(=O)[O-])ccc2F)CCCCCCC1. The first-order valence-corrected chi connectivity index (χ1v) is 11.3. The van der Waals surface area contributed by atoms with Crippen LogP contribution < -0.4 is 4.74 Å². The molecule has 0 unspecified atom stereocenters. The molecular weight excluding hydrogens is 387 g/mol. The number of halogens is 1. The van der Waals surface area contributed by atoms with Crippen molar-refractivity contribution in [3.8, 4) is 5.75 Å². The second kappa shape index (κ2) is 9.69. The molecule has 0 bridgehead atoms. The van der Waals surface area contributed by atoms with E-state index in [1.165, 1.54) is 18.6 Å². The lowest BCUT2D eigenvalue weighted by atomic mass is 9.79. The third-order valence-electron chi connectivity index (χ3n) is 5.30. The maximum atomic E-state index is 14.4. The van der Waals surface area contributed by atoms with E-state index < -0.39 is 39.9 Å². The van der Waals surface area contributed by atoms with Crippen LogP contribution in [0.5, 0.6) is 5.75 Å². The predicted octanol–water partition coefficient (Wildman–Crippen LogP) is 4.05. The van der Waals surface area contributed by atoms with E-state index in [9.17, 15) is 22.2 Å². The summed E-state index contributed by atoms with van der Waals surface area (Å²) in [6.07, 6.45) is 7.09. The summed E-state index contributed by atoms with van der Waals surface area (Å²) >= 11 is 0. The average molecular weight is 416 g/mol. The Balaban J connectivity index is 2.17. The highest BCUT2D eigenvalue weighted by Gasteiger charge is 2.36. The lowest BCUT2D eigenvalue weighted by Gasteiger charge is -2.39. The minimum atomic E-state index is -4.47. The minimum absolute atomic E-state index is 0.0137. The number of carbonyl (C=O) groups is 1. The molecule has 0 aromatic heterocycles. The molecule has 0 amide bonds. The third kappa shape index (κ3) is 6.44. The van der Waals surface area contributed by atoms with Crippen LogP contribution >= 0.6 is 0 Å². The molecule has 1 fully saturated rings. The molecule has 28 heavy (non-hydrogen) atoms. The van der Waals surface area contributed by atoms with Crippen molar-refractivity contribution in [1.29, 1.82) is 0 Å². The molecule has 0 saturated heterocycles. The summed E-state index contributed by atoms with van der Waals surface area (Å²) in [5, 5.41) is 0. The molecule has 0 heterocycles. The number of hydrogen-bond donors (Lipinski definition) is 0. The smallest absolute Gasteiger partial charge is 0.338 e. The van der Waals surface area contributed by atoms with E-state index in [1.807, 2.05) is 0 Å². The maximum Gasteiger partial charge on any atom is 0.338 e. The second-order valence-electron chi connectivity index (χ2n) is 7.63. The van der Waals surface area contributed by atoms with E-state index >= 15 is 0 Å².